The molecule has 0 aromatic carbocycles. The second-order valence-corrected chi connectivity index (χ2v) is 13.1. The molecule has 24 nitrogen and oxygen atoms in total. The maximum atomic E-state index is 12.3. The Labute approximate surface area is 308 Å². The molecule has 0 aliphatic carbocycles. The summed E-state index contributed by atoms with van der Waals surface area (Å²) in [6.45, 7) is -1.42. The molecule has 54 heavy (non-hydrogen) atoms. The van der Waals surface area contributed by atoms with Gasteiger partial charge in [0.25, 0.3) is 0 Å². The van der Waals surface area contributed by atoms with Crippen molar-refractivity contribution in [3.05, 3.63) is 0 Å². The minimum atomic E-state index is -2.07. The van der Waals surface area contributed by atoms with Crippen LogP contribution in [0.5, 0.6) is 0 Å². The lowest BCUT2D eigenvalue weighted by molar-refractivity contribution is -0.371. The largest absolute Gasteiger partial charge is 0.394 e. The van der Waals surface area contributed by atoms with Crippen LogP contribution in [0.25, 0.3) is 0 Å². The van der Waals surface area contributed by atoms with Crippen molar-refractivity contribution in [3.8, 4) is 0 Å². The molecule has 0 spiro atoms. The number of hydrogen-bond donors (Lipinski definition) is 15. The van der Waals surface area contributed by atoms with Crippen molar-refractivity contribution in [1.29, 1.82) is 0 Å². The molecule has 3 fully saturated rings. The number of hydrogen-bond acceptors (Lipinski definition) is 21. The summed E-state index contributed by atoms with van der Waals surface area (Å²) in [5.41, 5.74) is 0. The normalized spacial score (nSPS) is 39.5. The van der Waals surface area contributed by atoms with Crippen LogP contribution in [-0.2, 0) is 42.8 Å². The summed E-state index contributed by atoms with van der Waals surface area (Å²) in [4.78, 5) is 36.0. The van der Waals surface area contributed by atoms with Crippen molar-refractivity contribution >= 4 is 17.7 Å². The van der Waals surface area contributed by atoms with E-state index in [-0.39, 0.29) is 0 Å². The first-order chi connectivity index (χ1) is 25.4. The van der Waals surface area contributed by atoms with E-state index in [9.17, 15) is 75.7 Å². The third kappa shape index (κ3) is 11.0. The van der Waals surface area contributed by atoms with E-state index in [1.54, 1.807) is 0 Å². The first-order valence-corrected chi connectivity index (χ1v) is 17.0. The molecule has 3 aliphatic rings. The number of rotatable bonds is 17. The van der Waals surface area contributed by atoms with Gasteiger partial charge in [-0.15, -0.1) is 0 Å². The molecule has 3 saturated heterocycles. The molecule has 314 valence electrons. The predicted molar refractivity (Wildman–Crippen MR) is 171 cm³/mol. The van der Waals surface area contributed by atoms with Gasteiger partial charge >= 0.3 is 0 Å². The Bertz CT molecular complexity index is 1210. The third-order valence-electron chi connectivity index (χ3n) is 9.07. The lowest BCUT2D eigenvalue weighted by Crippen LogP contribution is -2.70. The number of carbonyl (C=O) groups is 3. The van der Waals surface area contributed by atoms with Gasteiger partial charge in [-0.2, -0.15) is 0 Å². The SMILES string of the molecule is CC(=O)N[C@H]1[C@H](O[C@H]([C@@H](O)[C@H](O)CO)[C@H](CO)NC(C)=O)O[C@H](CO)[C@@H](O[C@@H]2O[C@H](CO)[C@H](O)[C@H](O[C@H]3O[C@H](CO)[C@H](O)[C@H](O)[C@H]3NC(C)=O)[C@H]2O)[C@@H]1O. The van der Waals surface area contributed by atoms with Crippen LogP contribution in [0.2, 0.25) is 0 Å². The number of nitrogens with one attached hydrogen (secondary N) is 3. The Balaban J connectivity index is 1.93. The number of amides is 3. The van der Waals surface area contributed by atoms with Crippen LogP contribution in [0.3, 0.4) is 0 Å². The topological polar surface area (TPSA) is 385 Å². The number of aliphatic hydroxyl groups excluding tert-OH is 12. The molecule has 3 rings (SSSR count). The van der Waals surface area contributed by atoms with Crippen LogP contribution in [0.4, 0.5) is 0 Å². The molecular weight excluding hydrogens is 738 g/mol. The van der Waals surface area contributed by atoms with Gasteiger partial charge < -0.3 is 106 Å². The van der Waals surface area contributed by atoms with Crippen LogP contribution in [0, 0.1) is 0 Å². The monoisotopic (exact) mass is 791 g/mol. The highest BCUT2D eigenvalue weighted by molar-refractivity contribution is 5.74. The highest BCUT2D eigenvalue weighted by atomic mass is 16.8. The van der Waals surface area contributed by atoms with Gasteiger partial charge in [0.05, 0.1) is 39.1 Å². The molecule has 0 unspecified atom stereocenters. The first kappa shape index (κ1) is 46.1. The van der Waals surface area contributed by atoms with Crippen molar-refractivity contribution in [2.45, 2.75) is 137 Å². The van der Waals surface area contributed by atoms with Crippen LogP contribution in [-0.4, -0.2) is 228 Å². The molecule has 3 amide bonds. The van der Waals surface area contributed by atoms with Crippen molar-refractivity contribution in [2.75, 3.05) is 33.0 Å². The number of ether oxygens (including phenoxy) is 6. The summed E-state index contributed by atoms with van der Waals surface area (Å²) in [7, 11) is 0. The zero-order valence-corrected chi connectivity index (χ0v) is 29.5. The van der Waals surface area contributed by atoms with Gasteiger partial charge in [-0.25, -0.2) is 0 Å². The molecule has 0 bridgehead atoms. The maximum absolute atomic E-state index is 12.3. The summed E-state index contributed by atoms with van der Waals surface area (Å²) in [6, 6.07) is -4.65. The number of aliphatic hydroxyl groups is 12. The molecule has 19 atom stereocenters. The zero-order chi connectivity index (χ0) is 40.6. The summed E-state index contributed by atoms with van der Waals surface area (Å²) in [6.07, 6.45) is -28.9. The van der Waals surface area contributed by atoms with Gasteiger partial charge in [-0.05, 0) is 0 Å². The lowest BCUT2D eigenvalue weighted by Gasteiger charge is -2.49. The summed E-state index contributed by atoms with van der Waals surface area (Å²) < 4.78 is 34.3. The van der Waals surface area contributed by atoms with Crippen LogP contribution in [0.15, 0.2) is 0 Å². The van der Waals surface area contributed by atoms with Crippen molar-refractivity contribution in [2.24, 2.45) is 0 Å². The van der Waals surface area contributed by atoms with Crippen molar-refractivity contribution in [1.82, 2.24) is 16.0 Å². The van der Waals surface area contributed by atoms with E-state index in [2.05, 4.69) is 16.0 Å². The molecule has 3 heterocycles. The van der Waals surface area contributed by atoms with Crippen molar-refractivity contribution < 1.29 is 104 Å². The third-order valence-corrected chi connectivity index (χ3v) is 9.07. The summed E-state index contributed by atoms with van der Waals surface area (Å²) >= 11 is 0. The Morgan fingerprint density at radius 1 is 0.593 bits per heavy atom. The van der Waals surface area contributed by atoms with Gasteiger partial charge in [0.2, 0.25) is 17.7 Å². The fourth-order valence-corrected chi connectivity index (χ4v) is 6.35. The van der Waals surface area contributed by atoms with Crippen LogP contribution < -0.4 is 16.0 Å². The van der Waals surface area contributed by atoms with E-state index in [4.69, 9.17) is 28.4 Å². The fraction of sp³-hybridized carbons (Fsp3) is 0.900. The van der Waals surface area contributed by atoms with E-state index >= 15 is 0 Å². The Hall–Kier alpha value is -2.31. The predicted octanol–water partition coefficient (Wildman–Crippen LogP) is -9.68. The van der Waals surface area contributed by atoms with Gasteiger partial charge in [-0.1, -0.05) is 0 Å². The molecule has 3 aliphatic heterocycles. The van der Waals surface area contributed by atoms with Gasteiger partial charge in [0.1, 0.15) is 91.4 Å². The standard InChI is InChI=1S/C30H53N3O21/c1-9(39)31-12(4-34)25(19(43)13(42)5-35)52-29-18(33-11(3)41)23(47)26(16(8-38)51-29)53-30-24(48)27(21(45)15(7-37)50-30)54-28-17(32-10(2)40)22(46)20(44)14(6-36)49-28/h12-30,34-38,42-48H,4-8H2,1-3H3,(H,31,39)(H,32,40)(H,33,41)/t12-,13+,14+,15+,16+,17+,18+,19-,20-,21-,22+,23+,24+,25-,26+,27-,28+,29-,30-/m0/s1. The van der Waals surface area contributed by atoms with Gasteiger partial charge in [0, 0.05) is 20.8 Å². The number of carbonyl (C=O) groups excluding carboxylic acids is 3. The second-order valence-electron chi connectivity index (χ2n) is 13.1. The lowest BCUT2D eigenvalue weighted by atomic mass is 9.94. The highest BCUT2D eigenvalue weighted by Gasteiger charge is 2.55. The van der Waals surface area contributed by atoms with Gasteiger partial charge in [0.15, 0.2) is 18.9 Å². The summed E-state index contributed by atoms with van der Waals surface area (Å²) in [5.74, 6) is -2.20. The van der Waals surface area contributed by atoms with Crippen LogP contribution in [0.1, 0.15) is 20.8 Å². The van der Waals surface area contributed by atoms with Crippen LogP contribution >= 0.6 is 0 Å². The molecule has 24 heteroatoms. The molecular formula is C30H53N3O21. The van der Waals surface area contributed by atoms with E-state index in [0.29, 0.717) is 0 Å². The Morgan fingerprint density at radius 2 is 1.09 bits per heavy atom. The molecule has 0 saturated carbocycles. The van der Waals surface area contributed by atoms with Crippen molar-refractivity contribution in [3.63, 3.8) is 0 Å². The van der Waals surface area contributed by atoms with E-state index in [1.165, 1.54) is 0 Å². The zero-order valence-electron chi connectivity index (χ0n) is 29.5. The van der Waals surface area contributed by atoms with E-state index < -0.39 is 167 Å². The molecule has 15 N–H and O–H groups in total. The Kier molecular flexibility index (Phi) is 17.7. The minimum absolute atomic E-state index is 0.708. The minimum Gasteiger partial charge on any atom is -0.394 e. The first-order valence-electron chi connectivity index (χ1n) is 17.0. The average Bonchev–Trinajstić information content (AvgIpc) is 3.12. The molecule has 0 radical (unpaired) electrons. The molecule has 0 aromatic rings. The van der Waals surface area contributed by atoms with E-state index in [0.717, 1.165) is 20.8 Å². The smallest absolute Gasteiger partial charge is 0.217 e. The second kappa shape index (κ2) is 20.7. The van der Waals surface area contributed by atoms with Gasteiger partial charge in [-0.3, -0.25) is 14.4 Å². The van der Waals surface area contributed by atoms with E-state index in [1.807, 2.05) is 0 Å². The molecule has 0 aromatic heterocycles. The maximum Gasteiger partial charge on any atom is 0.217 e. The average molecular weight is 792 g/mol. The Morgan fingerprint density at radius 3 is 1.59 bits per heavy atom. The quantitative estimate of drug-likeness (QED) is 0.0650. The fourth-order valence-electron chi connectivity index (χ4n) is 6.35. The highest BCUT2D eigenvalue weighted by Crippen LogP contribution is 2.33. The summed E-state index contributed by atoms with van der Waals surface area (Å²) in [5, 5.41) is 132.